The summed E-state index contributed by atoms with van der Waals surface area (Å²) < 4.78 is 5.90. The zero-order chi connectivity index (χ0) is 7.71. The van der Waals surface area contributed by atoms with E-state index in [9.17, 15) is 0 Å². The molecule has 2 nitrogen and oxygen atoms in total. The second kappa shape index (κ2) is 3.66. The summed E-state index contributed by atoms with van der Waals surface area (Å²) in [4.78, 5) is 0. The van der Waals surface area contributed by atoms with Crippen LogP contribution >= 0.6 is 0 Å². The molecule has 0 aromatic heterocycles. The van der Waals surface area contributed by atoms with Crippen LogP contribution in [-0.2, 0) is 4.12 Å². The first kappa shape index (κ1) is 13.0. The predicted molar refractivity (Wildman–Crippen MR) is 52.8 cm³/mol. The number of hydrogen-bond acceptors (Lipinski definition) is 2. The summed E-state index contributed by atoms with van der Waals surface area (Å²) in [6, 6.07) is 0. The second-order valence-corrected chi connectivity index (χ2v) is 13.6. The smallest absolute Gasteiger partial charge is 0.170 e. The summed E-state index contributed by atoms with van der Waals surface area (Å²) >= 11 is 0. The maximum atomic E-state index is 5.90. The van der Waals surface area contributed by atoms with Crippen LogP contribution in [-0.4, -0.2) is 16.6 Å². The van der Waals surface area contributed by atoms with Gasteiger partial charge >= 0.3 is 0 Å². The van der Waals surface area contributed by atoms with Crippen molar-refractivity contribution >= 4 is 16.6 Å². The molecule has 64 valence electrons. The minimum atomic E-state index is -1.23. The zero-order valence-electron chi connectivity index (χ0n) is 8.12. The van der Waals surface area contributed by atoms with Crippen molar-refractivity contribution in [3.05, 3.63) is 0 Å². The van der Waals surface area contributed by atoms with Crippen LogP contribution in [0.2, 0.25) is 39.3 Å². The molecule has 3 N–H and O–H groups in total. The molecule has 0 aliphatic rings. The molecule has 0 bridgehead atoms. The summed E-state index contributed by atoms with van der Waals surface area (Å²) in [5, 5.41) is 0. The van der Waals surface area contributed by atoms with Crippen molar-refractivity contribution in [2.45, 2.75) is 39.3 Å². The van der Waals surface area contributed by atoms with Crippen LogP contribution in [0, 0.1) is 0 Å². The summed E-state index contributed by atoms with van der Waals surface area (Å²) in [6.45, 7) is 13.4. The Morgan fingerprint density at radius 2 is 0.900 bits per heavy atom. The summed E-state index contributed by atoms with van der Waals surface area (Å²) in [5.41, 5.74) is 0. The summed E-state index contributed by atoms with van der Waals surface area (Å²) in [7, 11) is -2.46. The maximum Gasteiger partial charge on any atom is 0.170 e. The van der Waals surface area contributed by atoms with Gasteiger partial charge in [0.1, 0.15) is 0 Å². The molecule has 0 saturated carbocycles. The molecule has 10 heavy (non-hydrogen) atoms. The Bertz CT molecular complexity index is 80.9. The van der Waals surface area contributed by atoms with E-state index in [0.717, 1.165) is 0 Å². The molecule has 0 aliphatic carbocycles. The van der Waals surface area contributed by atoms with E-state index < -0.39 is 16.6 Å². The van der Waals surface area contributed by atoms with Crippen molar-refractivity contribution in [3.8, 4) is 0 Å². The molecular weight excluding hydrogens is 158 g/mol. The van der Waals surface area contributed by atoms with E-state index in [1.54, 1.807) is 0 Å². The fraction of sp³-hybridized carbons (Fsp3) is 1.00. The zero-order valence-corrected chi connectivity index (χ0v) is 10.1. The van der Waals surface area contributed by atoms with Crippen LogP contribution in [0.3, 0.4) is 0 Å². The molecule has 0 aromatic rings. The maximum absolute atomic E-state index is 5.90. The molecule has 0 aliphatic heterocycles. The van der Waals surface area contributed by atoms with Crippen LogP contribution < -0.4 is 6.15 Å². The molecule has 0 atom stereocenters. The molecule has 0 heterocycles. The highest BCUT2D eigenvalue weighted by molar-refractivity contribution is 6.83. The molecule has 0 saturated heterocycles. The Morgan fingerprint density at radius 1 is 0.700 bits per heavy atom. The minimum Gasteiger partial charge on any atom is -0.456 e. The Balaban J connectivity index is 0. The lowest BCUT2D eigenvalue weighted by Gasteiger charge is -2.27. The van der Waals surface area contributed by atoms with Gasteiger partial charge in [-0.05, 0) is 39.3 Å². The monoisotopic (exact) mass is 179 g/mol. The SMILES string of the molecule is C[Si](C)(C)O[Si](C)(C)C.N. The Hall–Kier alpha value is 0.354. The van der Waals surface area contributed by atoms with Crippen molar-refractivity contribution in [1.29, 1.82) is 0 Å². The average Bonchev–Trinajstić information content (AvgIpc) is 1.14. The number of hydrogen-bond donors (Lipinski definition) is 1. The Labute approximate surface area is 66.8 Å². The molecule has 4 heteroatoms. The first-order valence-electron chi connectivity index (χ1n) is 3.41. The standard InChI is InChI=1S/C6H18OSi2.H3N/c1-8(2,3)7-9(4,5)6;/h1-6H3;1H3. The first-order valence-corrected chi connectivity index (χ1v) is 10.2. The van der Waals surface area contributed by atoms with Crippen molar-refractivity contribution < 1.29 is 4.12 Å². The van der Waals surface area contributed by atoms with E-state index in [-0.39, 0.29) is 6.15 Å². The molecule has 0 fully saturated rings. The fourth-order valence-electron chi connectivity index (χ4n) is 0.919. The van der Waals surface area contributed by atoms with E-state index in [2.05, 4.69) is 39.3 Å². The van der Waals surface area contributed by atoms with Gasteiger partial charge < -0.3 is 10.3 Å². The molecule has 0 rings (SSSR count). The largest absolute Gasteiger partial charge is 0.456 e. The summed E-state index contributed by atoms with van der Waals surface area (Å²) in [5.74, 6) is 0. The van der Waals surface area contributed by atoms with Gasteiger partial charge in [0.25, 0.3) is 0 Å². The van der Waals surface area contributed by atoms with Gasteiger partial charge in [0.15, 0.2) is 16.6 Å². The molecular formula is C6H21NOSi2. The van der Waals surface area contributed by atoms with Crippen LogP contribution in [0.5, 0.6) is 0 Å². The minimum absolute atomic E-state index is 0. The highest BCUT2D eigenvalue weighted by Gasteiger charge is 2.24. The Kier molecular flexibility index (Phi) is 4.75. The molecule has 0 radical (unpaired) electrons. The molecule has 0 spiro atoms. The third-order valence-corrected chi connectivity index (χ3v) is 5.51. The van der Waals surface area contributed by atoms with Crippen LogP contribution in [0.25, 0.3) is 0 Å². The lowest BCUT2D eigenvalue weighted by atomic mass is 11.8. The summed E-state index contributed by atoms with van der Waals surface area (Å²) in [6.07, 6.45) is 0. The highest BCUT2D eigenvalue weighted by Crippen LogP contribution is 2.12. The van der Waals surface area contributed by atoms with E-state index in [4.69, 9.17) is 4.12 Å². The van der Waals surface area contributed by atoms with Crippen LogP contribution in [0.4, 0.5) is 0 Å². The third-order valence-electron chi connectivity index (χ3n) is 0.612. The predicted octanol–water partition coefficient (Wildman–Crippen LogP) is 2.83. The second-order valence-electron chi connectivity index (χ2n) is 4.33. The van der Waals surface area contributed by atoms with Crippen molar-refractivity contribution in [2.75, 3.05) is 0 Å². The third kappa shape index (κ3) is 11.2. The van der Waals surface area contributed by atoms with E-state index >= 15 is 0 Å². The van der Waals surface area contributed by atoms with E-state index in [0.29, 0.717) is 0 Å². The molecule has 0 amide bonds. The number of rotatable bonds is 2. The van der Waals surface area contributed by atoms with Crippen molar-refractivity contribution in [2.24, 2.45) is 0 Å². The van der Waals surface area contributed by atoms with Gasteiger partial charge in [-0.25, -0.2) is 0 Å². The van der Waals surface area contributed by atoms with Gasteiger partial charge in [-0.3, -0.25) is 0 Å². The normalized spacial score (nSPS) is 12.6. The van der Waals surface area contributed by atoms with Gasteiger partial charge in [0, 0.05) is 0 Å². The average molecular weight is 179 g/mol. The molecule has 0 unspecified atom stereocenters. The van der Waals surface area contributed by atoms with Crippen LogP contribution in [0.15, 0.2) is 0 Å². The van der Waals surface area contributed by atoms with Gasteiger partial charge in [0.2, 0.25) is 0 Å². The lowest BCUT2D eigenvalue weighted by molar-refractivity contribution is 0.559. The molecule has 0 aromatic carbocycles. The Morgan fingerprint density at radius 3 is 0.900 bits per heavy atom. The van der Waals surface area contributed by atoms with Crippen molar-refractivity contribution in [1.82, 2.24) is 6.15 Å². The highest BCUT2D eigenvalue weighted by atomic mass is 28.4. The van der Waals surface area contributed by atoms with Crippen molar-refractivity contribution in [3.63, 3.8) is 0 Å². The fourth-order valence-corrected chi connectivity index (χ4v) is 8.27. The van der Waals surface area contributed by atoms with E-state index in [1.165, 1.54) is 0 Å². The van der Waals surface area contributed by atoms with Gasteiger partial charge in [0.05, 0.1) is 0 Å². The van der Waals surface area contributed by atoms with Gasteiger partial charge in [-0.15, -0.1) is 0 Å². The lowest BCUT2D eigenvalue weighted by Crippen LogP contribution is -2.39. The van der Waals surface area contributed by atoms with Gasteiger partial charge in [-0.1, -0.05) is 0 Å². The van der Waals surface area contributed by atoms with Crippen LogP contribution in [0.1, 0.15) is 0 Å². The first-order chi connectivity index (χ1) is 3.71. The van der Waals surface area contributed by atoms with E-state index in [1.807, 2.05) is 0 Å². The van der Waals surface area contributed by atoms with Gasteiger partial charge in [-0.2, -0.15) is 0 Å². The quantitative estimate of drug-likeness (QED) is 0.663. The topological polar surface area (TPSA) is 44.2 Å².